The molecule has 0 aliphatic carbocycles. The van der Waals surface area contributed by atoms with Crippen LogP contribution in [-0.4, -0.2) is 45.8 Å². The van der Waals surface area contributed by atoms with Crippen molar-refractivity contribution in [3.63, 3.8) is 0 Å². The van der Waals surface area contributed by atoms with Gasteiger partial charge in [0.25, 0.3) is 15.9 Å². The monoisotopic (exact) mass is 407 g/mol. The predicted molar refractivity (Wildman–Crippen MR) is 100 cm³/mol. The van der Waals surface area contributed by atoms with Crippen LogP contribution in [0.3, 0.4) is 0 Å². The molecule has 2 aromatic rings. The van der Waals surface area contributed by atoms with Gasteiger partial charge in [-0.15, -0.1) is 11.3 Å². The molecular formula is C17H17N3O5S2. The Bertz CT molecular complexity index is 968. The predicted octanol–water partition coefficient (Wildman–Crippen LogP) is 0.689. The lowest BCUT2D eigenvalue weighted by atomic mass is 10.2. The fraction of sp³-hybridized carbons (Fsp3) is 0.235. The van der Waals surface area contributed by atoms with Crippen molar-refractivity contribution < 1.29 is 22.7 Å². The van der Waals surface area contributed by atoms with Gasteiger partial charge in [0.15, 0.2) is 6.61 Å². The maximum absolute atomic E-state index is 11.9. The molecule has 0 radical (unpaired) electrons. The molecule has 1 aromatic carbocycles. The largest absolute Gasteiger partial charge is 0.454 e. The number of benzene rings is 1. The molecule has 0 bridgehead atoms. The van der Waals surface area contributed by atoms with Gasteiger partial charge >= 0.3 is 5.97 Å². The van der Waals surface area contributed by atoms with E-state index in [0.717, 1.165) is 4.88 Å². The van der Waals surface area contributed by atoms with Gasteiger partial charge in [-0.2, -0.15) is 0 Å². The van der Waals surface area contributed by atoms with Crippen LogP contribution in [0, 0.1) is 0 Å². The van der Waals surface area contributed by atoms with Crippen LogP contribution in [0.2, 0.25) is 0 Å². The van der Waals surface area contributed by atoms with Crippen LogP contribution in [0.4, 0.5) is 0 Å². The topological polar surface area (TPSA) is 114 Å². The SMILES string of the molecule is O=C(COC(=O)CN=C1NS(=O)(=O)c2ccccc21)NCCc1cccs1. The van der Waals surface area contributed by atoms with E-state index in [0.29, 0.717) is 18.5 Å². The third kappa shape index (κ3) is 4.92. The normalized spacial score (nSPS) is 15.8. The minimum absolute atomic E-state index is 0.0861. The van der Waals surface area contributed by atoms with Gasteiger partial charge in [-0.3, -0.25) is 19.3 Å². The lowest BCUT2D eigenvalue weighted by molar-refractivity contribution is -0.147. The Labute approximate surface area is 160 Å². The summed E-state index contributed by atoms with van der Waals surface area (Å²) < 4.78 is 31.0. The van der Waals surface area contributed by atoms with Crippen LogP contribution in [0.15, 0.2) is 51.7 Å². The lowest BCUT2D eigenvalue weighted by Gasteiger charge is -2.05. The second-order valence-corrected chi connectivity index (χ2v) is 8.29. The maximum atomic E-state index is 11.9. The number of rotatable bonds is 7. The zero-order valence-corrected chi connectivity index (χ0v) is 15.8. The van der Waals surface area contributed by atoms with Crippen LogP contribution in [0.1, 0.15) is 10.4 Å². The van der Waals surface area contributed by atoms with Gasteiger partial charge in [-0.05, 0) is 30.0 Å². The van der Waals surface area contributed by atoms with Gasteiger partial charge in [-0.1, -0.05) is 18.2 Å². The summed E-state index contributed by atoms with van der Waals surface area (Å²) in [7, 11) is -3.65. The van der Waals surface area contributed by atoms with E-state index < -0.39 is 35.1 Å². The number of sulfonamides is 1. The van der Waals surface area contributed by atoms with Gasteiger partial charge in [0.1, 0.15) is 12.4 Å². The summed E-state index contributed by atoms with van der Waals surface area (Å²) in [6.07, 6.45) is 0.713. The van der Waals surface area contributed by atoms with Gasteiger partial charge in [0, 0.05) is 17.0 Å². The van der Waals surface area contributed by atoms with Crippen molar-refractivity contribution in [2.24, 2.45) is 4.99 Å². The number of nitrogens with zero attached hydrogens (tertiary/aromatic N) is 1. The highest BCUT2D eigenvalue weighted by Crippen LogP contribution is 2.21. The number of hydrogen-bond acceptors (Lipinski definition) is 7. The van der Waals surface area contributed by atoms with Crippen LogP contribution >= 0.6 is 11.3 Å². The van der Waals surface area contributed by atoms with Crippen molar-refractivity contribution in [3.8, 4) is 0 Å². The fourth-order valence-electron chi connectivity index (χ4n) is 2.42. The first kappa shape index (κ1) is 19.1. The summed E-state index contributed by atoms with van der Waals surface area (Å²) in [4.78, 5) is 28.6. The number of ether oxygens (including phenoxy) is 1. The minimum atomic E-state index is -3.65. The van der Waals surface area contributed by atoms with Crippen LogP contribution < -0.4 is 10.0 Å². The van der Waals surface area contributed by atoms with Gasteiger partial charge in [-0.25, -0.2) is 8.42 Å². The molecular weight excluding hydrogens is 390 g/mol. The zero-order chi connectivity index (χ0) is 19.3. The molecule has 142 valence electrons. The number of aliphatic imine (C=N–C) groups is 1. The smallest absolute Gasteiger partial charge is 0.328 e. The average Bonchev–Trinajstić information content (AvgIpc) is 3.25. The molecule has 8 nitrogen and oxygen atoms in total. The van der Waals surface area contributed by atoms with Gasteiger partial charge in [0.2, 0.25) is 0 Å². The van der Waals surface area contributed by atoms with Crippen molar-refractivity contribution in [1.29, 1.82) is 0 Å². The second-order valence-electron chi connectivity index (χ2n) is 5.61. The molecule has 1 aromatic heterocycles. The number of carbonyl (C=O) groups is 2. The molecule has 0 atom stereocenters. The van der Waals surface area contributed by atoms with Crippen molar-refractivity contribution >= 4 is 39.1 Å². The summed E-state index contributed by atoms with van der Waals surface area (Å²) in [6.45, 7) is -0.344. The number of esters is 1. The molecule has 0 unspecified atom stereocenters. The molecule has 2 N–H and O–H groups in total. The zero-order valence-electron chi connectivity index (χ0n) is 14.2. The molecule has 1 aliphatic rings. The number of fused-ring (bicyclic) bond motifs is 1. The van der Waals surface area contributed by atoms with Crippen molar-refractivity contribution in [2.75, 3.05) is 19.7 Å². The van der Waals surface area contributed by atoms with Crippen LogP contribution in [0.25, 0.3) is 0 Å². The number of amidine groups is 1. The number of thiophene rings is 1. The molecule has 2 heterocycles. The molecule has 10 heteroatoms. The molecule has 1 amide bonds. The van der Waals surface area contributed by atoms with E-state index in [1.54, 1.807) is 29.5 Å². The number of hydrogen-bond donors (Lipinski definition) is 2. The van der Waals surface area contributed by atoms with Crippen molar-refractivity contribution in [1.82, 2.24) is 10.0 Å². The van der Waals surface area contributed by atoms with Crippen molar-refractivity contribution in [2.45, 2.75) is 11.3 Å². The van der Waals surface area contributed by atoms with E-state index >= 15 is 0 Å². The summed E-state index contributed by atoms with van der Waals surface area (Å²) in [5.41, 5.74) is 0.400. The van der Waals surface area contributed by atoms with E-state index in [1.807, 2.05) is 17.5 Å². The third-order valence-electron chi connectivity index (χ3n) is 3.67. The average molecular weight is 407 g/mol. The van der Waals surface area contributed by atoms with Crippen molar-refractivity contribution in [3.05, 3.63) is 52.2 Å². The Hall–Kier alpha value is -2.72. The number of carbonyl (C=O) groups excluding carboxylic acids is 2. The molecule has 1 aliphatic heterocycles. The Morgan fingerprint density at radius 1 is 1.19 bits per heavy atom. The van der Waals surface area contributed by atoms with E-state index in [2.05, 4.69) is 15.0 Å². The van der Waals surface area contributed by atoms with E-state index in [-0.39, 0.29) is 10.7 Å². The first-order valence-electron chi connectivity index (χ1n) is 8.07. The third-order valence-corrected chi connectivity index (χ3v) is 6.00. The highest BCUT2D eigenvalue weighted by molar-refractivity contribution is 7.90. The first-order valence-corrected chi connectivity index (χ1v) is 10.4. The summed E-state index contributed by atoms with van der Waals surface area (Å²) in [5, 5.41) is 4.62. The molecule has 3 rings (SSSR count). The molecule has 0 fully saturated rings. The molecule has 27 heavy (non-hydrogen) atoms. The number of amides is 1. The maximum Gasteiger partial charge on any atom is 0.328 e. The first-order chi connectivity index (χ1) is 13.0. The molecule has 0 saturated carbocycles. The Balaban J connectivity index is 1.45. The highest BCUT2D eigenvalue weighted by atomic mass is 32.2. The Morgan fingerprint density at radius 3 is 2.78 bits per heavy atom. The van der Waals surface area contributed by atoms with E-state index in [1.165, 1.54) is 6.07 Å². The Morgan fingerprint density at radius 2 is 2.00 bits per heavy atom. The quantitative estimate of drug-likeness (QED) is 0.656. The second kappa shape index (κ2) is 8.31. The summed E-state index contributed by atoms with van der Waals surface area (Å²) in [6, 6.07) is 10.2. The number of nitrogens with one attached hydrogen (secondary N) is 2. The van der Waals surface area contributed by atoms with Gasteiger partial charge < -0.3 is 10.1 Å². The fourth-order valence-corrected chi connectivity index (χ4v) is 4.38. The molecule has 0 saturated heterocycles. The van der Waals surface area contributed by atoms with E-state index in [4.69, 9.17) is 4.74 Å². The van der Waals surface area contributed by atoms with Gasteiger partial charge in [0.05, 0.1) is 4.90 Å². The summed E-state index contributed by atoms with van der Waals surface area (Å²) >= 11 is 1.61. The molecule has 0 spiro atoms. The van der Waals surface area contributed by atoms with E-state index in [9.17, 15) is 18.0 Å². The summed E-state index contributed by atoms with van der Waals surface area (Å²) in [5.74, 6) is -1.04. The van der Waals surface area contributed by atoms with Crippen LogP contribution in [-0.2, 0) is 30.8 Å². The standard InChI is InChI=1S/C17H17N3O5S2/c21-15(18-8-7-12-4-3-9-26-12)11-25-16(22)10-19-17-13-5-1-2-6-14(13)27(23,24)20-17/h1-6,9H,7-8,10-11H2,(H,18,21)(H,19,20). The Kier molecular flexibility index (Phi) is 5.87. The lowest BCUT2D eigenvalue weighted by Crippen LogP contribution is -2.31. The van der Waals surface area contributed by atoms with Crippen LogP contribution in [0.5, 0.6) is 0 Å². The highest BCUT2D eigenvalue weighted by Gasteiger charge is 2.30. The minimum Gasteiger partial charge on any atom is -0.454 e.